The minimum Gasteiger partial charge on any atom is -0.508 e. The maximum Gasteiger partial charge on any atom is 0.326 e. The summed E-state index contributed by atoms with van der Waals surface area (Å²) in [6, 6.07) is 1.28. The van der Waals surface area contributed by atoms with Gasteiger partial charge in [-0.3, -0.25) is 19.4 Å². The molecule has 1 aromatic carbocycles. The summed E-state index contributed by atoms with van der Waals surface area (Å²) < 4.78 is 0. The average Bonchev–Trinajstić information content (AvgIpc) is 3.69. The second-order valence-electron chi connectivity index (χ2n) is 10.0. The van der Waals surface area contributed by atoms with Crippen LogP contribution in [0.4, 0.5) is 0 Å². The number of H-pyrrole nitrogens is 2. The molecule has 17 heteroatoms. The third kappa shape index (κ3) is 10.8. The maximum absolute atomic E-state index is 13.6. The maximum atomic E-state index is 13.6. The SMILES string of the molecule is NC(N)=NCCCC(N)C(=O)NC(Cc1ccc(O)cc1)C(=O)NC(Cc1cnc[nH]1)C(=O)NC(Cc1cnc[nH]1)C(=O)O. The highest BCUT2D eigenvalue weighted by atomic mass is 16.4. The van der Waals surface area contributed by atoms with E-state index in [1.54, 1.807) is 12.1 Å². The summed E-state index contributed by atoms with van der Waals surface area (Å²) in [6.07, 6.45) is 6.18. The fourth-order valence-electron chi connectivity index (χ4n) is 4.19. The largest absolute Gasteiger partial charge is 0.508 e. The van der Waals surface area contributed by atoms with Crippen LogP contribution in [-0.4, -0.2) is 90.5 Å². The molecule has 0 radical (unpaired) electrons. The van der Waals surface area contributed by atoms with Crippen LogP contribution in [0.25, 0.3) is 0 Å². The number of nitrogens with one attached hydrogen (secondary N) is 5. The summed E-state index contributed by atoms with van der Waals surface area (Å²) in [6.45, 7) is 0.267. The third-order valence-corrected chi connectivity index (χ3v) is 6.52. The molecule has 0 aliphatic rings. The molecule has 13 N–H and O–H groups in total. The number of hydrogen-bond acceptors (Lipinski definition) is 9. The molecular weight excluding hydrogens is 574 g/mol. The Hall–Kier alpha value is -5.45. The average molecular weight is 612 g/mol. The molecular formula is C27H37N11O6. The number of amides is 3. The van der Waals surface area contributed by atoms with Crippen LogP contribution in [0.1, 0.15) is 29.8 Å². The van der Waals surface area contributed by atoms with Gasteiger partial charge in [-0.1, -0.05) is 12.1 Å². The lowest BCUT2D eigenvalue weighted by Gasteiger charge is -2.25. The summed E-state index contributed by atoms with van der Waals surface area (Å²) in [5.74, 6) is -3.47. The van der Waals surface area contributed by atoms with Crippen molar-refractivity contribution in [1.29, 1.82) is 0 Å². The van der Waals surface area contributed by atoms with Gasteiger partial charge in [-0.05, 0) is 30.5 Å². The van der Waals surface area contributed by atoms with Crippen molar-refractivity contribution >= 4 is 29.7 Å². The highest BCUT2D eigenvalue weighted by Gasteiger charge is 2.31. The van der Waals surface area contributed by atoms with Gasteiger partial charge >= 0.3 is 5.97 Å². The van der Waals surface area contributed by atoms with Crippen LogP contribution < -0.4 is 33.2 Å². The Balaban J connectivity index is 1.78. The Kier molecular flexibility index (Phi) is 12.2. The van der Waals surface area contributed by atoms with Crippen LogP contribution in [-0.2, 0) is 38.4 Å². The number of phenols is 1. The zero-order valence-corrected chi connectivity index (χ0v) is 23.8. The van der Waals surface area contributed by atoms with Crippen molar-refractivity contribution in [2.75, 3.05) is 6.54 Å². The number of nitrogens with zero attached hydrogens (tertiary/aromatic N) is 3. The molecule has 0 fully saturated rings. The van der Waals surface area contributed by atoms with Gasteiger partial charge in [0.1, 0.15) is 23.9 Å². The first-order valence-electron chi connectivity index (χ1n) is 13.7. The molecule has 3 aromatic rings. The summed E-state index contributed by atoms with van der Waals surface area (Å²) in [5, 5.41) is 27.1. The number of carbonyl (C=O) groups is 4. The van der Waals surface area contributed by atoms with Crippen LogP contribution >= 0.6 is 0 Å². The Labute approximate surface area is 252 Å². The molecule has 17 nitrogen and oxygen atoms in total. The smallest absolute Gasteiger partial charge is 0.326 e. The minimum absolute atomic E-state index is 0.00541. The van der Waals surface area contributed by atoms with Gasteiger partial charge in [-0.15, -0.1) is 0 Å². The predicted molar refractivity (Wildman–Crippen MR) is 158 cm³/mol. The van der Waals surface area contributed by atoms with Gasteiger partial charge in [0.15, 0.2) is 5.96 Å². The number of nitrogens with two attached hydrogens (primary N) is 3. The van der Waals surface area contributed by atoms with E-state index >= 15 is 0 Å². The lowest BCUT2D eigenvalue weighted by Crippen LogP contribution is -2.58. The lowest BCUT2D eigenvalue weighted by molar-refractivity contribution is -0.142. The van der Waals surface area contributed by atoms with Crippen molar-refractivity contribution < 1.29 is 29.4 Å². The minimum atomic E-state index is -1.33. The first-order chi connectivity index (χ1) is 21.0. The van der Waals surface area contributed by atoms with Gasteiger partial charge in [-0.25, -0.2) is 14.8 Å². The topological polar surface area (TPSA) is 293 Å². The van der Waals surface area contributed by atoms with Gasteiger partial charge in [0.05, 0.1) is 18.7 Å². The fourth-order valence-corrected chi connectivity index (χ4v) is 4.19. The molecule has 3 rings (SSSR count). The molecule has 2 aromatic heterocycles. The number of aliphatic imine (C=N–C) groups is 1. The highest BCUT2D eigenvalue weighted by Crippen LogP contribution is 2.12. The Morgan fingerprint density at radius 2 is 1.34 bits per heavy atom. The van der Waals surface area contributed by atoms with Crippen LogP contribution in [0.15, 0.2) is 54.3 Å². The van der Waals surface area contributed by atoms with E-state index in [0.717, 1.165) is 0 Å². The van der Waals surface area contributed by atoms with Crippen molar-refractivity contribution in [3.63, 3.8) is 0 Å². The molecule has 236 valence electrons. The second kappa shape index (κ2) is 16.3. The number of guanidine groups is 1. The number of hydrogen-bond donors (Lipinski definition) is 10. The van der Waals surface area contributed by atoms with E-state index in [1.165, 1.54) is 37.2 Å². The van der Waals surface area contributed by atoms with Crippen LogP contribution in [0.5, 0.6) is 5.75 Å². The molecule has 0 aliphatic carbocycles. The fraction of sp³-hybridized carbons (Fsp3) is 0.370. The first kappa shape index (κ1) is 33.1. The molecule has 3 amide bonds. The number of rotatable bonds is 17. The van der Waals surface area contributed by atoms with Crippen molar-refractivity contribution in [2.45, 2.75) is 56.3 Å². The van der Waals surface area contributed by atoms with Crippen molar-refractivity contribution in [2.24, 2.45) is 22.2 Å². The van der Waals surface area contributed by atoms with Crippen LogP contribution in [0.2, 0.25) is 0 Å². The number of carbonyl (C=O) groups excluding carboxylic acids is 3. The number of aromatic hydroxyl groups is 1. The Morgan fingerprint density at radius 3 is 1.86 bits per heavy atom. The van der Waals surface area contributed by atoms with Crippen LogP contribution in [0, 0.1) is 0 Å². The van der Waals surface area contributed by atoms with Gasteiger partial charge in [0.2, 0.25) is 17.7 Å². The zero-order valence-electron chi connectivity index (χ0n) is 23.8. The number of carboxylic acids is 1. The van der Waals surface area contributed by atoms with Crippen molar-refractivity contribution in [3.05, 3.63) is 66.3 Å². The normalized spacial score (nSPS) is 13.6. The van der Waals surface area contributed by atoms with E-state index in [4.69, 9.17) is 17.2 Å². The van der Waals surface area contributed by atoms with E-state index in [2.05, 4.69) is 40.9 Å². The molecule has 4 unspecified atom stereocenters. The van der Waals surface area contributed by atoms with Gasteiger partial charge < -0.3 is 53.3 Å². The van der Waals surface area contributed by atoms with Gasteiger partial charge in [-0.2, -0.15) is 0 Å². The molecule has 0 spiro atoms. The number of imidazole rings is 2. The monoisotopic (exact) mass is 611 g/mol. The molecule has 44 heavy (non-hydrogen) atoms. The first-order valence-corrected chi connectivity index (χ1v) is 13.7. The number of phenolic OH excluding ortho intramolecular Hbond substituents is 1. The molecule has 0 saturated carbocycles. The summed E-state index contributed by atoms with van der Waals surface area (Å²) in [5.41, 5.74) is 18.3. The number of aromatic nitrogens is 4. The van der Waals surface area contributed by atoms with Crippen molar-refractivity contribution in [1.82, 2.24) is 35.9 Å². The van der Waals surface area contributed by atoms with E-state index in [9.17, 15) is 29.4 Å². The zero-order chi connectivity index (χ0) is 32.1. The number of aromatic amines is 2. The van der Waals surface area contributed by atoms with Crippen LogP contribution in [0.3, 0.4) is 0 Å². The van der Waals surface area contributed by atoms with E-state index in [1.807, 2.05) is 0 Å². The molecule has 0 aliphatic heterocycles. The van der Waals surface area contributed by atoms with E-state index < -0.39 is 47.9 Å². The molecule has 2 heterocycles. The van der Waals surface area contributed by atoms with E-state index in [0.29, 0.717) is 23.4 Å². The lowest BCUT2D eigenvalue weighted by atomic mass is 10.0. The summed E-state index contributed by atoms with van der Waals surface area (Å²) >= 11 is 0. The van der Waals surface area contributed by atoms with Gasteiger partial charge in [0.25, 0.3) is 0 Å². The number of benzene rings is 1. The Morgan fingerprint density at radius 1 is 0.818 bits per heavy atom. The number of aliphatic carboxylic acids is 1. The third-order valence-electron chi connectivity index (χ3n) is 6.52. The number of carboxylic acid groups (broad SMARTS) is 1. The summed E-state index contributed by atoms with van der Waals surface area (Å²) in [7, 11) is 0. The molecule has 4 atom stereocenters. The highest BCUT2D eigenvalue weighted by molar-refractivity contribution is 5.94. The van der Waals surface area contributed by atoms with E-state index in [-0.39, 0.29) is 43.9 Å². The molecule has 0 saturated heterocycles. The Bertz CT molecular complexity index is 1390. The van der Waals surface area contributed by atoms with Crippen molar-refractivity contribution in [3.8, 4) is 5.75 Å². The molecule has 0 bridgehead atoms. The standard InChI is InChI=1S/C27H37N11O6/c28-19(2-1-7-33-27(29)30)23(40)36-20(8-15-3-5-18(39)6-4-15)24(41)37-21(9-16-11-31-13-34-16)25(42)38-22(26(43)44)10-17-12-32-14-35-17/h3-6,11-14,19-22,39H,1-2,7-10,28H2,(H,31,34)(H,32,35)(H,36,40)(H,37,41)(H,38,42)(H,43,44)(H4,29,30,33). The summed E-state index contributed by atoms with van der Waals surface area (Å²) in [4.78, 5) is 69.2. The van der Waals surface area contributed by atoms with Gasteiger partial charge in [0, 0.05) is 49.6 Å². The quantitative estimate of drug-likeness (QED) is 0.0443. The predicted octanol–water partition coefficient (Wildman–Crippen LogP) is -2.21. The second-order valence-corrected chi connectivity index (χ2v) is 10.0.